The second-order valence-electron chi connectivity index (χ2n) is 8.26. The fourth-order valence-corrected chi connectivity index (χ4v) is 5.00. The van der Waals surface area contributed by atoms with Gasteiger partial charge in [-0.05, 0) is 22.6 Å². The Bertz CT molecular complexity index is 868. The molecule has 2 aliphatic rings. The first-order valence-corrected chi connectivity index (χ1v) is 9.99. The van der Waals surface area contributed by atoms with Crippen molar-refractivity contribution in [2.75, 3.05) is 19.6 Å². The van der Waals surface area contributed by atoms with Gasteiger partial charge in [-0.1, -0.05) is 54.6 Å². The van der Waals surface area contributed by atoms with Gasteiger partial charge in [0.25, 0.3) is 0 Å². The molecular weight excluding hydrogens is 377 g/mol. The molecule has 2 heterocycles. The summed E-state index contributed by atoms with van der Waals surface area (Å²) < 4.78 is 38.1. The van der Waals surface area contributed by atoms with E-state index in [9.17, 15) is 18.0 Å². The van der Waals surface area contributed by atoms with Crippen LogP contribution < -0.4 is 0 Å². The predicted octanol–water partition coefficient (Wildman–Crippen LogP) is 4.44. The highest BCUT2D eigenvalue weighted by atomic mass is 19.4. The van der Waals surface area contributed by atoms with Gasteiger partial charge >= 0.3 is 6.18 Å². The van der Waals surface area contributed by atoms with Crippen LogP contribution in [0.3, 0.4) is 0 Å². The number of fused-ring (bicyclic) bond motifs is 1. The van der Waals surface area contributed by atoms with Crippen molar-refractivity contribution in [3.8, 4) is 0 Å². The van der Waals surface area contributed by atoms with Gasteiger partial charge in [-0.2, -0.15) is 13.2 Å². The van der Waals surface area contributed by atoms with Crippen LogP contribution in [0.4, 0.5) is 13.2 Å². The standard InChI is InChI=1S/C23H25F3N2O/c1-16(29)28-14-20-13-27(15-21(20)22(28)19-8-3-2-4-9-19)12-18-7-5-6-17(10-18)11-23(24,25)26/h2-10,20-22H,11-15H2,1H3/t20-,21-,22-/m1/s1. The second kappa shape index (κ2) is 7.82. The minimum absolute atomic E-state index is 0.0697. The highest BCUT2D eigenvalue weighted by Gasteiger charge is 2.48. The molecule has 0 radical (unpaired) electrons. The zero-order valence-corrected chi connectivity index (χ0v) is 16.4. The molecule has 0 N–H and O–H groups in total. The molecule has 0 bridgehead atoms. The summed E-state index contributed by atoms with van der Waals surface area (Å²) >= 11 is 0. The fraction of sp³-hybridized carbons (Fsp3) is 0.435. The molecule has 2 aromatic rings. The maximum atomic E-state index is 12.7. The summed E-state index contributed by atoms with van der Waals surface area (Å²) in [6.45, 7) is 4.71. The summed E-state index contributed by atoms with van der Waals surface area (Å²) in [4.78, 5) is 16.5. The number of carbonyl (C=O) groups is 1. The summed E-state index contributed by atoms with van der Waals surface area (Å²) in [6, 6.07) is 17.0. The highest BCUT2D eigenvalue weighted by Crippen LogP contribution is 2.45. The first kappa shape index (κ1) is 20.0. The van der Waals surface area contributed by atoms with Crippen LogP contribution in [-0.4, -0.2) is 41.5 Å². The van der Waals surface area contributed by atoms with Crippen molar-refractivity contribution in [2.24, 2.45) is 11.8 Å². The molecule has 3 nitrogen and oxygen atoms in total. The molecule has 29 heavy (non-hydrogen) atoms. The average Bonchev–Trinajstić information content (AvgIpc) is 3.18. The number of carbonyl (C=O) groups excluding carboxylic acids is 1. The SMILES string of the molecule is CC(=O)N1C[C@H]2CN(Cc3cccc(CC(F)(F)F)c3)C[C@H]2[C@H]1c1ccccc1. The highest BCUT2D eigenvalue weighted by molar-refractivity contribution is 5.74. The van der Waals surface area contributed by atoms with Gasteiger partial charge in [0.05, 0.1) is 12.5 Å². The van der Waals surface area contributed by atoms with Crippen LogP contribution in [-0.2, 0) is 17.8 Å². The quantitative estimate of drug-likeness (QED) is 0.755. The molecule has 2 aliphatic heterocycles. The Labute approximate surface area is 169 Å². The van der Waals surface area contributed by atoms with E-state index in [-0.39, 0.29) is 11.9 Å². The van der Waals surface area contributed by atoms with Crippen molar-refractivity contribution < 1.29 is 18.0 Å². The molecule has 0 aliphatic carbocycles. The van der Waals surface area contributed by atoms with Crippen molar-refractivity contribution >= 4 is 5.91 Å². The lowest BCUT2D eigenvalue weighted by molar-refractivity contribution is -0.130. The molecule has 0 unspecified atom stereocenters. The van der Waals surface area contributed by atoms with Gasteiger partial charge in [0.1, 0.15) is 0 Å². The van der Waals surface area contributed by atoms with Gasteiger partial charge in [-0.3, -0.25) is 9.69 Å². The number of rotatable bonds is 4. The van der Waals surface area contributed by atoms with Gasteiger partial charge in [-0.15, -0.1) is 0 Å². The van der Waals surface area contributed by atoms with Crippen molar-refractivity contribution in [2.45, 2.75) is 32.1 Å². The third-order valence-electron chi connectivity index (χ3n) is 6.09. The van der Waals surface area contributed by atoms with E-state index < -0.39 is 12.6 Å². The second-order valence-corrected chi connectivity index (χ2v) is 8.26. The molecule has 1 amide bonds. The molecule has 0 aromatic heterocycles. The molecule has 2 saturated heterocycles. The Morgan fingerprint density at radius 1 is 1.00 bits per heavy atom. The maximum Gasteiger partial charge on any atom is 0.393 e. The number of hydrogen-bond acceptors (Lipinski definition) is 2. The van der Waals surface area contributed by atoms with Gasteiger partial charge in [0.2, 0.25) is 5.91 Å². The molecule has 0 spiro atoms. The largest absolute Gasteiger partial charge is 0.393 e. The Balaban J connectivity index is 1.48. The van der Waals surface area contributed by atoms with Crippen molar-refractivity contribution in [1.82, 2.24) is 9.80 Å². The Hall–Kier alpha value is -2.34. The lowest BCUT2D eigenvalue weighted by Gasteiger charge is -2.29. The van der Waals surface area contributed by atoms with Gasteiger partial charge in [-0.25, -0.2) is 0 Å². The smallest absolute Gasteiger partial charge is 0.335 e. The minimum atomic E-state index is -4.19. The molecule has 0 saturated carbocycles. The summed E-state index contributed by atoms with van der Waals surface area (Å²) in [5.74, 6) is 0.835. The minimum Gasteiger partial charge on any atom is -0.335 e. The van der Waals surface area contributed by atoms with Crippen molar-refractivity contribution in [1.29, 1.82) is 0 Å². The molecule has 3 atom stereocenters. The number of hydrogen-bond donors (Lipinski definition) is 0. The molecule has 2 fully saturated rings. The summed E-state index contributed by atoms with van der Waals surface area (Å²) in [6.07, 6.45) is -5.09. The first-order valence-electron chi connectivity index (χ1n) is 9.99. The van der Waals surface area contributed by atoms with Crippen molar-refractivity contribution in [3.05, 3.63) is 71.3 Å². The summed E-state index contributed by atoms with van der Waals surface area (Å²) in [5, 5.41) is 0. The van der Waals surface area contributed by atoms with Gasteiger partial charge in [0.15, 0.2) is 0 Å². The van der Waals surface area contributed by atoms with E-state index in [2.05, 4.69) is 17.0 Å². The lowest BCUT2D eigenvalue weighted by Crippen LogP contribution is -2.34. The molecule has 6 heteroatoms. The molecule has 2 aromatic carbocycles. The molecule has 154 valence electrons. The van der Waals surface area contributed by atoms with E-state index in [0.29, 0.717) is 23.9 Å². The van der Waals surface area contributed by atoms with Crippen LogP contribution in [0.15, 0.2) is 54.6 Å². The summed E-state index contributed by atoms with van der Waals surface area (Å²) in [7, 11) is 0. The summed E-state index contributed by atoms with van der Waals surface area (Å²) in [5.41, 5.74) is 2.37. The number of benzene rings is 2. The van der Waals surface area contributed by atoms with Crippen LogP contribution in [0.1, 0.15) is 29.7 Å². The van der Waals surface area contributed by atoms with E-state index in [1.165, 1.54) is 6.07 Å². The maximum absolute atomic E-state index is 12.7. The van der Waals surface area contributed by atoms with Crippen LogP contribution in [0.25, 0.3) is 0 Å². The first-order chi connectivity index (χ1) is 13.8. The predicted molar refractivity (Wildman–Crippen MR) is 105 cm³/mol. The van der Waals surface area contributed by atoms with Gasteiger partial charge in [0, 0.05) is 39.0 Å². The van der Waals surface area contributed by atoms with Crippen LogP contribution in [0.5, 0.6) is 0 Å². The Morgan fingerprint density at radius 3 is 2.41 bits per heavy atom. The average molecular weight is 402 g/mol. The number of likely N-dealkylation sites (tertiary alicyclic amines) is 2. The van der Waals surface area contributed by atoms with Gasteiger partial charge < -0.3 is 4.90 Å². The van der Waals surface area contributed by atoms with Crippen LogP contribution in [0.2, 0.25) is 0 Å². The zero-order valence-electron chi connectivity index (χ0n) is 16.4. The van der Waals surface area contributed by atoms with Crippen molar-refractivity contribution in [3.63, 3.8) is 0 Å². The third kappa shape index (κ3) is 4.47. The van der Waals surface area contributed by atoms with E-state index >= 15 is 0 Å². The third-order valence-corrected chi connectivity index (χ3v) is 6.09. The van der Waals surface area contributed by atoms with E-state index in [4.69, 9.17) is 0 Å². The Morgan fingerprint density at radius 2 is 1.72 bits per heavy atom. The molecule has 4 rings (SSSR count). The number of alkyl halides is 3. The number of amides is 1. The van der Waals surface area contributed by atoms with E-state index in [0.717, 1.165) is 30.8 Å². The molecular formula is C23H25F3N2O. The van der Waals surface area contributed by atoms with Crippen LogP contribution in [0, 0.1) is 11.8 Å². The lowest BCUT2D eigenvalue weighted by atomic mass is 9.89. The normalized spacial score (nSPS) is 24.7. The fourth-order valence-electron chi connectivity index (χ4n) is 5.00. The van der Waals surface area contributed by atoms with E-state index in [1.54, 1.807) is 19.1 Å². The zero-order chi connectivity index (χ0) is 20.6. The Kier molecular flexibility index (Phi) is 5.38. The monoisotopic (exact) mass is 402 g/mol. The number of nitrogens with zero attached hydrogens (tertiary/aromatic N) is 2. The topological polar surface area (TPSA) is 23.6 Å². The van der Waals surface area contributed by atoms with Crippen LogP contribution >= 0.6 is 0 Å². The van der Waals surface area contributed by atoms with E-state index in [1.807, 2.05) is 29.2 Å². The number of halogens is 3.